The van der Waals surface area contributed by atoms with Crippen LogP contribution in [0.1, 0.15) is 16.9 Å². The molecule has 10 heteroatoms. The predicted molar refractivity (Wildman–Crippen MR) is 112 cm³/mol. The van der Waals surface area contributed by atoms with Gasteiger partial charge in [-0.2, -0.15) is 13.2 Å². The maximum atomic E-state index is 13.3. The number of amides is 2. The SMILES string of the molecule is O=C1S/C(=C\c2ccc(-c3ccccc3C(F)(F)F)o2)C(=O)N1Cc1ccc(F)cc1Cl. The molecule has 0 N–H and O–H groups in total. The van der Waals surface area contributed by atoms with Crippen LogP contribution in [0.25, 0.3) is 17.4 Å². The minimum Gasteiger partial charge on any atom is -0.457 e. The summed E-state index contributed by atoms with van der Waals surface area (Å²) in [5.41, 5.74) is -0.600. The molecule has 3 aromatic rings. The zero-order valence-electron chi connectivity index (χ0n) is 16.0. The molecule has 32 heavy (non-hydrogen) atoms. The van der Waals surface area contributed by atoms with E-state index >= 15 is 0 Å². The van der Waals surface area contributed by atoms with E-state index in [-0.39, 0.29) is 33.6 Å². The third kappa shape index (κ3) is 4.44. The molecule has 0 aliphatic carbocycles. The number of rotatable bonds is 4. The molecule has 1 aliphatic heterocycles. The van der Waals surface area contributed by atoms with Crippen molar-refractivity contribution in [1.82, 2.24) is 4.90 Å². The molecule has 0 spiro atoms. The lowest BCUT2D eigenvalue weighted by molar-refractivity contribution is -0.137. The molecular formula is C22H12ClF4NO3S. The molecule has 0 radical (unpaired) electrons. The van der Waals surface area contributed by atoms with Crippen molar-refractivity contribution < 1.29 is 31.6 Å². The van der Waals surface area contributed by atoms with Gasteiger partial charge in [0.1, 0.15) is 17.3 Å². The molecule has 0 atom stereocenters. The second kappa shape index (κ2) is 8.48. The lowest BCUT2D eigenvalue weighted by Crippen LogP contribution is -2.27. The van der Waals surface area contributed by atoms with Gasteiger partial charge in [-0.1, -0.05) is 35.9 Å². The number of hydrogen-bond donors (Lipinski definition) is 0. The lowest BCUT2D eigenvalue weighted by Gasteiger charge is -2.13. The standard InChI is InChI=1S/C22H12ClF4NO3S/c23-17-9-13(24)6-5-12(17)11-28-20(29)19(32-21(28)30)10-14-7-8-18(31-14)15-3-1-2-4-16(15)22(25,26)27/h1-10H,11H2/b19-10-. The predicted octanol–water partition coefficient (Wildman–Crippen LogP) is 6.99. The van der Waals surface area contributed by atoms with Crippen LogP contribution in [0.15, 0.2) is 63.9 Å². The van der Waals surface area contributed by atoms with Crippen LogP contribution in [-0.2, 0) is 17.5 Å². The Morgan fingerprint density at radius 1 is 1.06 bits per heavy atom. The first-order valence-corrected chi connectivity index (χ1v) is 10.3. The van der Waals surface area contributed by atoms with Gasteiger partial charge in [-0.25, -0.2) is 4.39 Å². The van der Waals surface area contributed by atoms with Crippen LogP contribution in [0.5, 0.6) is 0 Å². The second-order valence-electron chi connectivity index (χ2n) is 6.75. The highest BCUT2D eigenvalue weighted by atomic mass is 35.5. The minimum atomic E-state index is -4.56. The maximum absolute atomic E-state index is 13.3. The fraction of sp³-hybridized carbons (Fsp3) is 0.0909. The van der Waals surface area contributed by atoms with E-state index in [0.29, 0.717) is 17.3 Å². The quantitative estimate of drug-likeness (QED) is 0.297. The summed E-state index contributed by atoms with van der Waals surface area (Å²) >= 11 is 6.63. The second-order valence-corrected chi connectivity index (χ2v) is 8.15. The number of furan rings is 1. The molecule has 2 aromatic carbocycles. The highest BCUT2D eigenvalue weighted by Gasteiger charge is 2.36. The van der Waals surface area contributed by atoms with E-state index in [1.54, 1.807) is 0 Å². The first-order chi connectivity index (χ1) is 15.1. The Bertz CT molecular complexity index is 1250. The number of alkyl halides is 3. The lowest BCUT2D eigenvalue weighted by atomic mass is 10.1. The highest BCUT2D eigenvalue weighted by Crippen LogP contribution is 2.39. The molecule has 2 heterocycles. The third-order valence-electron chi connectivity index (χ3n) is 4.62. The third-order valence-corrected chi connectivity index (χ3v) is 5.87. The van der Waals surface area contributed by atoms with Gasteiger partial charge < -0.3 is 4.42 Å². The summed E-state index contributed by atoms with van der Waals surface area (Å²) < 4.78 is 58.5. The van der Waals surface area contributed by atoms with Crippen molar-refractivity contribution in [3.63, 3.8) is 0 Å². The van der Waals surface area contributed by atoms with E-state index in [9.17, 15) is 27.2 Å². The molecule has 1 fully saturated rings. The van der Waals surface area contributed by atoms with Crippen LogP contribution in [0.2, 0.25) is 5.02 Å². The summed E-state index contributed by atoms with van der Waals surface area (Å²) in [5, 5.41) is -0.483. The Labute approximate surface area is 188 Å². The first-order valence-electron chi connectivity index (χ1n) is 9.09. The Hall–Kier alpha value is -3.04. The number of benzene rings is 2. The molecule has 1 saturated heterocycles. The van der Waals surface area contributed by atoms with Crippen LogP contribution in [0.3, 0.4) is 0 Å². The van der Waals surface area contributed by atoms with E-state index in [2.05, 4.69) is 0 Å². The Balaban J connectivity index is 1.58. The number of thioether (sulfide) groups is 1. The zero-order chi connectivity index (χ0) is 23.0. The monoisotopic (exact) mass is 481 g/mol. The van der Waals surface area contributed by atoms with Gasteiger partial charge in [0.05, 0.1) is 17.0 Å². The summed E-state index contributed by atoms with van der Waals surface area (Å²) in [7, 11) is 0. The van der Waals surface area contributed by atoms with Gasteiger partial charge in [-0.15, -0.1) is 0 Å². The van der Waals surface area contributed by atoms with Crippen LogP contribution in [0, 0.1) is 5.82 Å². The number of imide groups is 1. The molecule has 1 aromatic heterocycles. The number of carbonyl (C=O) groups is 2. The summed E-state index contributed by atoms with van der Waals surface area (Å²) in [4.78, 5) is 26.0. The molecule has 1 aliphatic rings. The van der Waals surface area contributed by atoms with Crippen LogP contribution in [-0.4, -0.2) is 16.0 Å². The molecule has 4 rings (SSSR count). The van der Waals surface area contributed by atoms with Gasteiger partial charge in [0.15, 0.2) is 0 Å². The molecule has 4 nitrogen and oxygen atoms in total. The fourth-order valence-electron chi connectivity index (χ4n) is 3.11. The van der Waals surface area contributed by atoms with Crippen LogP contribution in [0.4, 0.5) is 22.4 Å². The van der Waals surface area contributed by atoms with E-state index < -0.39 is 28.7 Å². The average Bonchev–Trinajstić information content (AvgIpc) is 3.29. The van der Waals surface area contributed by atoms with Gasteiger partial charge in [-0.3, -0.25) is 14.5 Å². The van der Waals surface area contributed by atoms with Gasteiger partial charge in [0.2, 0.25) is 0 Å². The molecule has 2 amide bonds. The maximum Gasteiger partial charge on any atom is 0.417 e. The van der Waals surface area contributed by atoms with Gasteiger partial charge in [0, 0.05) is 16.7 Å². The van der Waals surface area contributed by atoms with Crippen molar-refractivity contribution >= 4 is 40.6 Å². The van der Waals surface area contributed by atoms with E-state index in [4.69, 9.17) is 16.0 Å². The summed E-state index contributed by atoms with van der Waals surface area (Å²) in [5.74, 6) is -1.08. The zero-order valence-corrected chi connectivity index (χ0v) is 17.5. The smallest absolute Gasteiger partial charge is 0.417 e. The molecule has 0 saturated carbocycles. The minimum absolute atomic E-state index is 0.0264. The van der Waals surface area contributed by atoms with Gasteiger partial charge in [0.25, 0.3) is 11.1 Å². The van der Waals surface area contributed by atoms with Gasteiger partial charge >= 0.3 is 6.18 Å². The van der Waals surface area contributed by atoms with Gasteiger partial charge in [-0.05, 0) is 47.7 Å². The van der Waals surface area contributed by atoms with E-state index in [1.807, 2.05) is 0 Å². The number of halogens is 5. The van der Waals surface area contributed by atoms with E-state index in [0.717, 1.165) is 17.0 Å². The van der Waals surface area contributed by atoms with Crippen molar-refractivity contribution in [3.8, 4) is 11.3 Å². The largest absolute Gasteiger partial charge is 0.457 e. The number of carbonyl (C=O) groups excluding carboxylic acids is 2. The molecule has 164 valence electrons. The van der Waals surface area contributed by atoms with E-state index in [1.165, 1.54) is 48.5 Å². The Morgan fingerprint density at radius 2 is 1.81 bits per heavy atom. The fourth-order valence-corrected chi connectivity index (χ4v) is 4.15. The van der Waals surface area contributed by atoms with Crippen molar-refractivity contribution in [2.75, 3.05) is 0 Å². The Morgan fingerprint density at radius 3 is 2.53 bits per heavy atom. The summed E-state index contributed by atoms with van der Waals surface area (Å²) in [6, 6.07) is 11.4. The van der Waals surface area contributed by atoms with Crippen molar-refractivity contribution in [1.29, 1.82) is 0 Å². The van der Waals surface area contributed by atoms with Crippen molar-refractivity contribution in [2.45, 2.75) is 12.7 Å². The highest BCUT2D eigenvalue weighted by molar-refractivity contribution is 8.18. The topological polar surface area (TPSA) is 50.5 Å². The Kier molecular flexibility index (Phi) is 5.87. The molecule has 0 unspecified atom stereocenters. The van der Waals surface area contributed by atoms with Crippen molar-refractivity contribution in [3.05, 3.63) is 87.2 Å². The number of nitrogens with zero attached hydrogens (tertiary/aromatic N) is 1. The van der Waals surface area contributed by atoms with Crippen LogP contribution < -0.4 is 0 Å². The summed E-state index contributed by atoms with van der Waals surface area (Å²) in [6.07, 6.45) is -3.27. The normalized spacial score (nSPS) is 15.8. The average molecular weight is 482 g/mol. The number of hydrogen-bond acceptors (Lipinski definition) is 4. The van der Waals surface area contributed by atoms with Crippen LogP contribution >= 0.6 is 23.4 Å². The summed E-state index contributed by atoms with van der Waals surface area (Å²) in [6.45, 7) is -0.149. The van der Waals surface area contributed by atoms with Crippen molar-refractivity contribution in [2.24, 2.45) is 0 Å². The molecule has 0 bridgehead atoms. The molecular weight excluding hydrogens is 470 g/mol. The first kappa shape index (κ1) is 22.2.